The standard InChI is InChI=1S/C60H88N6O17/c1-8-40-30(2)42-26-47-52(35(7)77-18-11-19-80-60-58(75)57(74)56(73)48(29-69)83-60)32(4)44(64-47)24-43-31(3)41(12-13-49(72)61-14-9-16-78-50-22-36(70)20-38(27-67)81-50)54(65-43)34(6)55-53(33(5)45(66-55)25-46(40)63-42)59(76)62-15-10-17-79-51-23-37(71)21-39(28-68)82-51/h24-26,31,35-39,41,48,50-51,56-58,60,63-64,67-71,73-75H,8-23,27-29H2,1-7H3,(H,61,72)(H,62,76)/t31-,35?,36-,37-,38-,39-,41-,48+,50+,51+,56+,57-,58+,60+/m0/s1. The van der Waals surface area contributed by atoms with E-state index in [2.05, 4.69) is 47.4 Å². The Morgan fingerprint density at radius 2 is 1.33 bits per heavy atom. The molecular formula is C60H88N6O17. The molecule has 3 aromatic heterocycles. The number of carbonyl (C=O) groups is 2. The van der Waals surface area contributed by atoms with Gasteiger partial charge in [-0.3, -0.25) is 14.6 Å². The summed E-state index contributed by atoms with van der Waals surface area (Å²) in [4.78, 5) is 46.3. The first-order chi connectivity index (χ1) is 39.8. The zero-order valence-electron chi connectivity index (χ0n) is 48.9. The van der Waals surface area contributed by atoms with Gasteiger partial charge in [0, 0.05) is 103 Å². The lowest BCUT2D eigenvalue weighted by Crippen LogP contribution is -2.59. The van der Waals surface area contributed by atoms with E-state index in [1.54, 1.807) is 0 Å². The number of aromatic amines is 2. The van der Waals surface area contributed by atoms with Crippen molar-refractivity contribution < 1.29 is 83.6 Å². The molecule has 3 saturated heterocycles. The number of aliphatic hydroxyl groups excluding tert-OH is 8. The Labute approximate surface area is 484 Å². The van der Waals surface area contributed by atoms with Crippen molar-refractivity contribution in [3.05, 3.63) is 68.8 Å². The average Bonchev–Trinajstić information content (AvgIpc) is 2.97. The number of ether oxygens (including phenoxy) is 7. The number of nitrogens with one attached hydrogen (secondary N) is 4. The number of nitrogens with zero attached hydrogens (tertiary/aromatic N) is 2. The number of carbonyl (C=O) groups excluding carboxylic acids is 2. The van der Waals surface area contributed by atoms with Crippen molar-refractivity contribution in [3.8, 4) is 0 Å². The quantitative estimate of drug-likeness (QED) is 0.0541. The second-order valence-corrected chi connectivity index (χ2v) is 22.6. The van der Waals surface area contributed by atoms with E-state index >= 15 is 0 Å². The highest BCUT2D eigenvalue weighted by Crippen LogP contribution is 2.44. The number of aromatic nitrogens is 4. The van der Waals surface area contributed by atoms with Gasteiger partial charge < -0.3 is 94.6 Å². The Bertz CT molecular complexity index is 2890. The minimum absolute atomic E-state index is 0.0958. The molecule has 23 nitrogen and oxygen atoms in total. The van der Waals surface area contributed by atoms with Crippen LogP contribution in [-0.4, -0.2) is 200 Å². The fourth-order valence-corrected chi connectivity index (χ4v) is 11.9. The lowest BCUT2D eigenvalue weighted by Gasteiger charge is -2.39. The zero-order valence-corrected chi connectivity index (χ0v) is 48.9. The maximum atomic E-state index is 14.6. The van der Waals surface area contributed by atoms with Crippen LogP contribution in [0.15, 0.2) is 18.2 Å². The number of H-pyrrole nitrogens is 2. The van der Waals surface area contributed by atoms with Crippen molar-refractivity contribution in [1.29, 1.82) is 0 Å². The van der Waals surface area contributed by atoms with Gasteiger partial charge in [0.15, 0.2) is 18.9 Å². The maximum absolute atomic E-state index is 14.6. The van der Waals surface area contributed by atoms with Gasteiger partial charge in [0.25, 0.3) is 5.91 Å². The fourth-order valence-electron chi connectivity index (χ4n) is 11.9. The molecule has 0 saturated carbocycles. The second-order valence-electron chi connectivity index (χ2n) is 22.6. The largest absolute Gasteiger partial charge is 0.394 e. The van der Waals surface area contributed by atoms with E-state index in [4.69, 9.17) is 43.1 Å². The van der Waals surface area contributed by atoms with E-state index in [1.807, 2.05) is 39.8 Å². The number of allylic oxidation sites excluding steroid dienone is 1. The molecule has 1 unspecified atom stereocenters. The molecule has 23 heteroatoms. The van der Waals surface area contributed by atoms with Gasteiger partial charge in [-0.1, -0.05) is 13.8 Å². The summed E-state index contributed by atoms with van der Waals surface area (Å²) in [6.07, 6.45) is -6.96. The predicted octanol–water partition coefficient (Wildman–Crippen LogP) is 3.45. The van der Waals surface area contributed by atoms with Crippen molar-refractivity contribution in [3.63, 3.8) is 0 Å². The third-order valence-electron chi connectivity index (χ3n) is 16.7. The van der Waals surface area contributed by atoms with E-state index in [-0.39, 0.29) is 82.7 Å². The number of hydrogen-bond acceptors (Lipinski definition) is 19. The molecule has 83 heavy (non-hydrogen) atoms. The molecule has 8 bridgehead atoms. The first-order valence-corrected chi connectivity index (χ1v) is 29.5. The first kappa shape index (κ1) is 64.2. The molecular weight excluding hydrogens is 1080 g/mol. The summed E-state index contributed by atoms with van der Waals surface area (Å²) in [5.74, 6) is -0.927. The van der Waals surface area contributed by atoms with Crippen LogP contribution in [0.3, 0.4) is 0 Å². The zero-order chi connectivity index (χ0) is 59.6. The Morgan fingerprint density at radius 1 is 0.699 bits per heavy atom. The molecule has 0 aliphatic carbocycles. The predicted molar refractivity (Wildman–Crippen MR) is 305 cm³/mol. The maximum Gasteiger partial charge on any atom is 0.253 e. The van der Waals surface area contributed by atoms with Crippen molar-refractivity contribution in [2.45, 2.75) is 198 Å². The topological polar surface area (TPSA) is 342 Å². The van der Waals surface area contributed by atoms with Crippen molar-refractivity contribution in [2.24, 2.45) is 0 Å². The minimum atomic E-state index is -1.55. The molecule has 8 rings (SSSR count). The Morgan fingerprint density at radius 3 is 1.96 bits per heavy atom. The van der Waals surface area contributed by atoms with Crippen LogP contribution < -0.4 is 10.6 Å². The Balaban J connectivity index is 1.09. The summed E-state index contributed by atoms with van der Waals surface area (Å²) < 4.78 is 41.0. The van der Waals surface area contributed by atoms with Crippen molar-refractivity contribution in [2.75, 3.05) is 59.3 Å². The van der Waals surface area contributed by atoms with Crippen LogP contribution in [0.1, 0.15) is 154 Å². The number of amides is 2. The molecule has 3 fully saturated rings. The van der Waals surface area contributed by atoms with Crippen molar-refractivity contribution in [1.82, 2.24) is 30.6 Å². The van der Waals surface area contributed by atoms with Crippen molar-refractivity contribution >= 4 is 45.0 Å². The molecule has 2 amide bonds. The van der Waals surface area contributed by atoms with Gasteiger partial charge in [-0.05, 0) is 113 Å². The molecule has 5 aliphatic rings. The second kappa shape index (κ2) is 29.5. The molecule has 8 heterocycles. The van der Waals surface area contributed by atoms with E-state index in [0.717, 1.165) is 50.0 Å². The molecule has 5 aliphatic heterocycles. The molecule has 12 N–H and O–H groups in total. The summed E-state index contributed by atoms with van der Waals surface area (Å²) in [7, 11) is 0. The number of hydrogen-bond donors (Lipinski definition) is 12. The summed E-state index contributed by atoms with van der Waals surface area (Å²) in [6.45, 7) is 14.6. The fraction of sp³-hybridized carbons (Fsp3) is 0.667. The number of aryl methyl sites for hydroxylation is 3. The SMILES string of the molecule is CCc1c(C)c2cc3[nH]c(cc4nc(c(C)c5nc(cc1[nH]2)C(C)=C5C(=O)NCCCO[C@H]1C[C@@H](O)C[C@@H](CO)O1)[C@@H](CCC(=O)NCCCO[C@H]1C[C@@H](O)C[C@@H](CO)O1)[C@@H]4C)c(C)c3C(C)OCCCO[C@@H]1O[C@H](CO)[C@@H](O)[C@H](O)[C@H]1O. The van der Waals surface area contributed by atoms with Crippen LogP contribution in [0.2, 0.25) is 0 Å². The first-order valence-electron chi connectivity index (χ1n) is 29.5. The lowest BCUT2D eigenvalue weighted by molar-refractivity contribution is -0.301. The Kier molecular flexibility index (Phi) is 22.8. The van der Waals surface area contributed by atoms with Gasteiger partial charge in [-0.15, -0.1) is 0 Å². The molecule has 0 spiro atoms. The van der Waals surface area contributed by atoms with Gasteiger partial charge in [0.05, 0.1) is 87.1 Å². The number of aliphatic hydroxyl groups is 8. The highest BCUT2D eigenvalue weighted by molar-refractivity contribution is 6.27. The van der Waals surface area contributed by atoms with Gasteiger partial charge in [0.1, 0.15) is 24.4 Å². The van der Waals surface area contributed by atoms with Crippen LogP contribution in [0.5, 0.6) is 0 Å². The van der Waals surface area contributed by atoms with Crippen LogP contribution >= 0.6 is 0 Å². The smallest absolute Gasteiger partial charge is 0.253 e. The average molecular weight is 1170 g/mol. The van der Waals surface area contributed by atoms with Crippen LogP contribution in [0.4, 0.5) is 0 Å². The van der Waals surface area contributed by atoms with E-state index < -0.39 is 80.4 Å². The number of rotatable bonds is 25. The van der Waals surface area contributed by atoms with E-state index in [9.17, 15) is 50.4 Å². The monoisotopic (exact) mass is 1160 g/mol. The van der Waals surface area contributed by atoms with Gasteiger partial charge in [0.2, 0.25) is 5.91 Å². The summed E-state index contributed by atoms with van der Waals surface area (Å²) in [5, 5.41) is 86.3. The third kappa shape index (κ3) is 15.4. The van der Waals surface area contributed by atoms with Gasteiger partial charge in [-0.2, -0.15) is 0 Å². The third-order valence-corrected chi connectivity index (χ3v) is 16.7. The molecule has 460 valence electrons. The lowest BCUT2D eigenvalue weighted by atomic mass is 9.85. The highest BCUT2D eigenvalue weighted by atomic mass is 16.7. The van der Waals surface area contributed by atoms with Crippen LogP contribution in [-0.2, 0) is 49.2 Å². The van der Waals surface area contributed by atoms with Crippen LogP contribution in [0.25, 0.3) is 33.2 Å². The number of fused-ring (bicyclic) bond motifs is 8. The summed E-state index contributed by atoms with van der Waals surface area (Å²) in [6, 6.07) is 6.11. The van der Waals surface area contributed by atoms with E-state index in [0.29, 0.717) is 91.7 Å². The summed E-state index contributed by atoms with van der Waals surface area (Å²) in [5.41, 5.74) is 11.6. The van der Waals surface area contributed by atoms with Crippen LogP contribution in [0, 0.1) is 20.8 Å². The molecule has 0 aromatic carbocycles. The minimum Gasteiger partial charge on any atom is -0.394 e. The molecule has 14 atom stereocenters. The molecule has 3 aromatic rings. The Hall–Kier alpha value is -4.80. The molecule has 0 radical (unpaired) electrons. The van der Waals surface area contributed by atoms with Gasteiger partial charge in [-0.25, -0.2) is 4.98 Å². The normalized spacial score (nSPS) is 27.9. The summed E-state index contributed by atoms with van der Waals surface area (Å²) >= 11 is 0. The van der Waals surface area contributed by atoms with E-state index in [1.165, 1.54) is 0 Å². The highest BCUT2D eigenvalue weighted by Gasteiger charge is 2.44. The van der Waals surface area contributed by atoms with Gasteiger partial charge >= 0.3 is 0 Å².